The number of rotatable bonds is 4. The van der Waals surface area contributed by atoms with Crippen LogP contribution >= 0.6 is 12.4 Å². The molecule has 0 aromatic carbocycles. The largest absolute Gasteiger partial charge is 0.462 e. The van der Waals surface area contributed by atoms with Gasteiger partial charge in [-0.05, 0) is 13.3 Å². The fraction of sp³-hybridized carbons (Fsp3) is 0.857. The molecule has 1 unspecified atom stereocenters. The molecule has 13 heavy (non-hydrogen) atoms. The number of hydrogen-bond donors (Lipinski definition) is 1. The minimum atomic E-state index is -3.56. The second-order valence-corrected chi connectivity index (χ2v) is 2.36. The molecule has 0 aliphatic carbocycles. The van der Waals surface area contributed by atoms with E-state index in [-0.39, 0.29) is 25.4 Å². The fourth-order valence-electron chi connectivity index (χ4n) is 0.635. The summed E-state index contributed by atoms with van der Waals surface area (Å²) in [6.45, 7) is 2.88. The molecule has 0 amide bonds. The summed E-state index contributed by atoms with van der Waals surface area (Å²) in [6, 6.07) is -1.46. The van der Waals surface area contributed by atoms with E-state index < -0.39 is 17.9 Å². The number of hydrogen-bond acceptors (Lipinski definition) is 3. The Kier molecular flexibility index (Phi) is 7.07. The van der Waals surface area contributed by atoms with Crippen LogP contribution in [0.25, 0.3) is 0 Å². The van der Waals surface area contributed by atoms with Gasteiger partial charge in [0, 0.05) is 0 Å². The summed E-state index contributed by atoms with van der Waals surface area (Å²) in [5, 5.41) is 0. The predicted molar refractivity (Wildman–Crippen MR) is 47.1 cm³/mol. The molecule has 2 N–H and O–H groups in total. The second-order valence-electron chi connectivity index (χ2n) is 2.36. The van der Waals surface area contributed by atoms with Gasteiger partial charge < -0.3 is 10.5 Å². The first-order chi connectivity index (χ1) is 5.46. The number of carbonyl (C=O) groups excluding carboxylic acids is 1. The van der Waals surface area contributed by atoms with E-state index >= 15 is 0 Å². The molecule has 0 bridgehead atoms. The maximum atomic E-state index is 12.8. The Labute approximate surface area is 82.0 Å². The molecule has 0 spiro atoms. The molecule has 80 valence electrons. The zero-order valence-electron chi connectivity index (χ0n) is 7.55. The zero-order chi connectivity index (χ0) is 9.78. The minimum Gasteiger partial charge on any atom is -0.462 e. The molecule has 6 heteroatoms. The van der Waals surface area contributed by atoms with Crippen molar-refractivity contribution in [2.75, 3.05) is 6.61 Å². The molecular weight excluding hydrogens is 204 g/mol. The van der Waals surface area contributed by atoms with Crippen LogP contribution in [-0.2, 0) is 9.53 Å². The molecular formula is C7H14ClF2NO2. The minimum absolute atomic E-state index is 0. The van der Waals surface area contributed by atoms with Gasteiger partial charge in [0.2, 0.25) is 0 Å². The molecule has 0 fully saturated rings. The van der Waals surface area contributed by atoms with Crippen molar-refractivity contribution < 1.29 is 18.3 Å². The number of alkyl halides is 2. The van der Waals surface area contributed by atoms with Crippen molar-refractivity contribution in [2.24, 2.45) is 5.73 Å². The van der Waals surface area contributed by atoms with Gasteiger partial charge in [-0.25, -0.2) is 4.79 Å². The van der Waals surface area contributed by atoms with Gasteiger partial charge in [-0.3, -0.25) is 0 Å². The lowest BCUT2D eigenvalue weighted by molar-refractivity contribution is -0.174. The number of esters is 1. The Balaban J connectivity index is 0. The summed E-state index contributed by atoms with van der Waals surface area (Å²) >= 11 is 0. The van der Waals surface area contributed by atoms with E-state index in [1.54, 1.807) is 0 Å². The van der Waals surface area contributed by atoms with E-state index in [2.05, 4.69) is 4.74 Å². The molecule has 0 aliphatic heterocycles. The van der Waals surface area contributed by atoms with E-state index in [0.29, 0.717) is 0 Å². The molecule has 0 rings (SSSR count). The van der Waals surface area contributed by atoms with Gasteiger partial charge in [-0.2, -0.15) is 8.78 Å². The lowest BCUT2D eigenvalue weighted by Gasteiger charge is -2.19. The fourth-order valence-corrected chi connectivity index (χ4v) is 0.635. The van der Waals surface area contributed by atoms with Crippen LogP contribution in [0, 0.1) is 0 Å². The Morgan fingerprint density at radius 1 is 1.54 bits per heavy atom. The summed E-state index contributed by atoms with van der Waals surface area (Å²) in [6.07, 6.45) is 0.0335. The SMILES string of the molecule is CCOC(=O)C(F)(F)C(N)CC.Cl. The average Bonchev–Trinajstić information content (AvgIpc) is 2.03. The Morgan fingerprint density at radius 2 is 2.00 bits per heavy atom. The lowest BCUT2D eigenvalue weighted by atomic mass is 10.1. The van der Waals surface area contributed by atoms with Crippen LogP contribution in [0.3, 0.4) is 0 Å². The van der Waals surface area contributed by atoms with Crippen molar-refractivity contribution in [1.29, 1.82) is 0 Å². The van der Waals surface area contributed by atoms with Crippen LogP contribution in [0.1, 0.15) is 20.3 Å². The van der Waals surface area contributed by atoms with Gasteiger partial charge in [0.05, 0.1) is 12.6 Å². The van der Waals surface area contributed by atoms with E-state index in [9.17, 15) is 13.6 Å². The first kappa shape index (κ1) is 15.1. The highest BCUT2D eigenvalue weighted by atomic mass is 35.5. The van der Waals surface area contributed by atoms with Gasteiger partial charge in [0.25, 0.3) is 0 Å². The predicted octanol–water partition coefficient (Wildman–Crippen LogP) is 1.34. The lowest BCUT2D eigenvalue weighted by Crippen LogP contribution is -2.47. The highest BCUT2D eigenvalue weighted by Gasteiger charge is 2.45. The van der Waals surface area contributed by atoms with Crippen molar-refractivity contribution in [2.45, 2.75) is 32.2 Å². The van der Waals surface area contributed by atoms with Gasteiger partial charge in [0.1, 0.15) is 0 Å². The quantitative estimate of drug-likeness (QED) is 0.724. The third kappa shape index (κ3) is 3.87. The van der Waals surface area contributed by atoms with Gasteiger partial charge in [-0.1, -0.05) is 6.92 Å². The van der Waals surface area contributed by atoms with Crippen molar-refractivity contribution in [3.8, 4) is 0 Å². The van der Waals surface area contributed by atoms with E-state index in [1.807, 2.05) is 0 Å². The van der Waals surface area contributed by atoms with Gasteiger partial charge >= 0.3 is 11.9 Å². The summed E-state index contributed by atoms with van der Waals surface area (Å²) < 4.78 is 29.8. The monoisotopic (exact) mass is 217 g/mol. The van der Waals surface area contributed by atoms with Crippen LogP contribution in [-0.4, -0.2) is 24.5 Å². The molecule has 0 saturated carbocycles. The zero-order valence-corrected chi connectivity index (χ0v) is 8.37. The van der Waals surface area contributed by atoms with Gasteiger partial charge in [0.15, 0.2) is 0 Å². The van der Waals surface area contributed by atoms with Crippen molar-refractivity contribution in [1.82, 2.24) is 0 Å². The first-order valence-electron chi connectivity index (χ1n) is 3.77. The molecule has 0 saturated heterocycles. The molecule has 0 aromatic heterocycles. The Bertz CT molecular complexity index is 167. The van der Waals surface area contributed by atoms with E-state index in [0.717, 1.165) is 0 Å². The Morgan fingerprint density at radius 3 is 2.31 bits per heavy atom. The highest BCUT2D eigenvalue weighted by Crippen LogP contribution is 2.20. The maximum Gasteiger partial charge on any atom is 0.378 e. The summed E-state index contributed by atoms with van der Waals surface area (Å²) in [7, 11) is 0. The maximum absolute atomic E-state index is 12.8. The standard InChI is InChI=1S/C7H13F2NO2.ClH/c1-3-5(10)7(8,9)6(11)12-4-2;/h5H,3-4,10H2,1-2H3;1H. The van der Waals surface area contributed by atoms with Crippen LogP contribution in [0.15, 0.2) is 0 Å². The molecule has 0 heterocycles. The van der Waals surface area contributed by atoms with Gasteiger partial charge in [-0.15, -0.1) is 12.4 Å². The number of halogens is 3. The topological polar surface area (TPSA) is 52.3 Å². The third-order valence-corrected chi connectivity index (χ3v) is 1.45. The molecule has 0 aliphatic rings. The van der Waals surface area contributed by atoms with Crippen LogP contribution < -0.4 is 5.73 Å². The van der Waals surface area contributed by atoms with Crippen molar-refractivity contribution >= 4 is 18.4 Å². The second kappa shape index (κ2) is 6.10. The number of ether oxygens (including phenoxy) is 1. The molecule has 1 atom stereocenters. The summed E-state index contributed by atoms with van der Waals surface area (Å²) in [5.74, 6) is -5.11. The van der Waals surface area contributed by atoms with E-state index in [1.165, 1.54) is 13.8 Å². The van der Waals surface area contributed by atoms with Crippen molar-refractivity contribution in [3.05, 3.63) is 0 Å². The highest BCUT2D eigenvalue weighted by molar-refractivity contribution is 5.85. The van der Waals surface area contributed by atoms with E-state index in [4.69, 9.17) is 5.73 Å². The van der Waals surface area contributed by atoms with Crippen LogP contribution in [0.4, 0.5) is 8.78 Å². The average molecular weight is 218 g/mol. The number of carbonyl (C=O) groups is 1. The Hall–Kier alpha value is -0.420. The normalized spacial score (nSPS) is 13.0. The molecule has 0 radical (unpaired) electrons. The van der Waals surface area contributed by atoms with Crippen LogP contribution in [0.2, 0.25) is 0 Å². The molecule has 0 aromatic rings. The molecule has 3 nitrogen and oxygen atoms in total. The number of nitrogens with two attached hydrogens (primary N) is 1. The van der Waals surface area contributed by atoms with Crippen molar-refractivity contribution in [3.63, 3.8) is 0 Å². The summed E-state index contributed by atoms with van der Waals surface area (Å²) in [5.41, 5.74) is 5.03. The summed E-state index contributed by atoms with van der Waals surface area (Å²) in [4.78, 5) is 10.6. The first-order valence-corrected chi connectivity index (χ1v) is 3.77. The smallest absolute Gasteiger partial charge is 0.378 e. The van der Waals surface area contributed by atoms with Crippen LogP contribution in [0.5, 0.6) is 0 Å². The third-order valence-electron chi connectivity index (χ3n) is 1.45.